The first-order valence-electron chi connectivity index (χ1n) is 6.25. The predicted octanol–water partition coefficient (Wildman–Crippen LogP) is 3.51. The highest BCUT2D eigenvalue weighted by Gasteiger charge is 2.55. The molecule has 4 atom stereocenters. The molecule has 0 bridgehead atoms. The zero-order valence-electron chi connectivity index (χ0n) is 10.7. The summed E-state index contributed by atoms with van der Waals surface area (Å²) in [7, 11) is 0. The fraction of sp³-hybridized carbons (Fsp3) is 0.600. The second kappa shape index (κ2) is 3.89. The molecule has 4 unspecified atom stereocenters. The highest BCUT2D eigenvalue weighted by molar-refractivity contribution is 5.31. The molecule has 0 aliphatic heterocycles. The van der Waals surface area contributed by atoms with Gasteiger partial charge in [0.25, 0.3) is 0 Å². The number of aliphatic hydroxyl groups is 1. The minimum atomic E-state index is -0.149. The van der Waals surface area contributed by atoms with Gasteiger partial charge in [0.05, 0.1) is 6.10 Å². The van der Waals surface area contributed by atoms with E-state index in [1.807, 2.05) is 0 Å². The standard InChI is InChI=1S/C15H22O/c1-5-15(4)13(11(3)14(15)16)12-8-6-10(2)7-9-12/h6-9,11,13-14,16H,5H2,1-4H3. The van der Waals surface area contributed by atoms with E-state index >= 15 is 0 Å². The zero-order valence-corrected chi connectivity index (χ0v) is 10.7. The number of rotatable bonds is 2. The molecule has 0 aromatic heterocycles. The summed E-state index contributed by atoms with van der Waals surface area (Å²) < 4.78 is 0. The third-order valence-corrected chi connectivity index (χ3v) is 4.61. The van der Waals surface area contributed by atoms with Gasteiger partial charge >= 0.3 is 0 Å². The molecule has 1 N–H and O–H groups in total. The van der Waals surface area contributed by atoms with Crippen molar-refractivity contribution < 1.29 is 5.11 Å². The second-order valence-corrected chi connectivity index (χ2v) is 5.55. The molecule has 1 fully saturated rings. The minimum Gasteiger partial charge on any atom is -0.392 e. The predicted molar refractivity (Wildman–Crippen MR) is 67.5 cm³/mol. The van der Waals surface area contributed by atoms with Crippen LogP contribution in [0.1, 0.15) is 44.2 Å². The Labute approximate surface area is 98.5 Å². The number of aliphatic hydroxyl groups excluding tert-OH is 1. The molecule has 2 rings (SSSR count). The van der Waals surface area contributed by atoms with Crippen LogP contribution >= 0.6 is 0 Å². The molecule has 88 valence electrons. The van der Waals surface area contributed by atoms with Crippen LogP contribution in [-0.2, 0) is 0 Å². The van der Waals surface area contributed by atoms with Gasteiger partial charge in [-0.2, -0.15) is 0 Å². The van der Waals surface area contributed by atoms with Gasteiger partial charge < -0.3 is 5.11 Å². The summed E-state index contributed by atoms with van der Waals surface area (Å²) in [6.45, 7) is 8.66. The Kier molecular flexibility index (Phi) is 2.83. The van der Waals surface area contributed by atoms with E-state index in [1.165, 1.54) is 11.1 Å². The van der Waals surface area contributed by atoms with Gasteiger partial charge in [-0.05, 0) is 30.7 Å². The first-order chi connectivity index (χ1) is 7.50. The van der Waals surface area contributed by atoms with Crippen molar-refractivity contribution in [1.29, 1.82) is 0 Å². The van der Waals surface area contributed by atoms with E-state index in [4.69, 9.17) is 0 Å². The van der Waals surface area contributed by atoms with Crippen LogP contribution in [0, 0.1) is 18.3 Å². The first kappa shape index (κ1) is 11.7. The summed E-state index contributed by atoms with van der Waals surface area (Å²) >= 11 is 0. The largest absolute Gasteiger partial charge is 0.392 e. The molecule has 1 aliphatic rings. The fourth-order valence-corrected chi connectivity index (χ4v) is 3.34. The lowest BCUT2D eigenvalue weighted by Gasteiger charge is -2.57. The number of hydrogen-bond acceptors (Lipinski definition) is 1. The van der Waals surface area contributed by atoms with Crippen molar-refractivity contribution in [2.45, 2.75) is 46.1 Å². The lowest BCUT2D eigenvalue weighted by molar-refractivity contribution is -0.129. The van der Waals surface area contributed by atoms with Crippen molar-refractivity contribution in [2.75, 3.05) is 0 Å². The maximum atomic E-state index is 10.1. The van der Waals surface area contributed by atoms with Crippen molar-refractivity contribution >= 4 is 0 Å². The Morgan fingerprint density at radius 3 is 2.31 bits per heavy atom. The maximum absolute atomic E-state index is 10.1. The Morgan fingerprint density at radius 2 is 1.81 bits per heavy atom. The third-order valence-electron chi connectivity index (χ3n) is 4.61. The first-order valence-corrected chi connectivity index (χ1v) is 6.25. The molecule has 16 heavy (non-hydrogen) atoms. The lowest BCUT2D eigenvalue weighted by Crippen LogP contribution is -2.56. The number of hydrogen-bond donors (Lipinski definition) is 1. The Morgan fingerprint density at radius 1 is 1.25 bits per heavy atom. The number of benzene rings is 1. The van der Waals surface area contributed by atoms with E-state index in [1.54, 1.807) is 0 Å². The van der Waals surface area contributed by atoms with Gasteiger partial charge in [-0.25, -0.2) is 0 Å². The van der Waals surface area contributed by atoms with Crippen LogP contribution in [0.15, 0.2) is 24.3 Å². The molecule has 0 spiro atoms. The van der Waals surface area contributed by atoms with Crippen molar-refractivity contribution in [1.82, 2.24) is 0 Å². The van der Waals surface area contributed by atoms with Crippen LogP contribution in [-0.4, -0.2) is 11.2 Å². The van der Waals surface area contributed by atoms with Crippen LogP contribution < -0.4 is 0 Å². The molecular weight excluding hydrogens is 196 g/mol. The van der Waals surface area contributed by atoms with Crippen LogP contribution in [0.5, 0.6) is 0 Å². The number of aryl methyl sites for hydroxylation is 1. The SMILES string of the molecule is CCC1(C)C(O)C(C)C1c1ccc(C)cc1. The smallest absolute Gasteiger partial charge is 0.0631 e. The van der Waals surface area contributed by atoms with Gasteiger partial charge in [-0.15, -0.1) is 0 Å². The van der Waals surface area contributed by atoms with Gasteiger partial charge in [-0.1, -0.05) is 50.6 Å². The molecule has 1 nitrogen and oxygen atoms in total. The van der Waals surface area contributed by atoms with Crippen molar-refractivity contribution in [3.05, 3.63) is 35.4 Å². The van der Waals surface area contributed by atoms with Gasteiger partial charge in [-0.3, -0.25) is 0 Å². The lowest BCUT2D eigenvalue weighted by atomic mass is 9.50. The maximum Gasteiger partial charge on any atom is 0.0631 e. The molecule has 0 saturated heterocycles. The van der Waals surface area contributed by atoms with Gasteiger partial charge in [0.2, 0.25) is 0 Å². The summed E-state index contributed by atoms with van der Waals surface area (Å²) in [4.78, 5) is 0. The second-order valence-electron chi connectivity index (χ2n) is 5.55. The van der Waals surface area contributed by atoms with E-state index in [0.29, 0.717) is 11.8 Å². The molecule has 1 saturated carbocycles. The van der Waals surface area contributed by atoms with E-state index < -0.39 is 0 Å². The topological polar surface area (TPSA) is 20.2 Å². The fourth-order valence-electron chi connectivity index (χ4n) is 3.34. The minimum absolute atomic E-state index is 0.0642. The van der Waals surface area contributed by atoms with Gasteiger partial charge in [0.15, 0.2) is 0 Å². The van der Waals surface area contributed by atoms with Crippen molar-refractivity contribution in [2.24, 2.45) is 11.3 Å². The molecule has 1 aromatic rings. The highest BCUT2D eigenvalue weighted by Crippen LogP contribution is 2.58. The van der Waals surface area contributed by atoms with Crippen molar-refractivity contribution in [3.63, 3.8) is 0 Å². The monoisotopic (exact) mass is 218 g/mol. The van der Waals surface area contributed by atoms with Crippen LogP contribution in [0.25, 0.3) is 0 Å². The summed E-state index contributed by atoms with van der Waals surface area (Å²) in [5.41, 5.74) is 2.75. The average molecular weight is 218 g/mol. The molecule has 1 heteroatoms. The third kappa shape index (κ3) is 1.49. The molecular formula is C15H22O. The summed E-state index contributed by atoms with van der Waals surface area (Å²) in [6.07, 6.45) is 0.889. The van der Waals surface area contributed by atoms with E-state index in [-0.39, 0.29) is 11.5 Å². The zero-order chi connectivity index (χ0) is 11.9. The normalized spacial score (nSPS) is 38.2. The van der Waals surface area contributed by atoms with Gasteiger partial charge in [0.1, 0.15) is 0 Å². The Bertz CT molecular complexity index is 368. The van der Waals surface area contributed by atoms with Crippen LogP contribution in [0.4, 0.5) is 0 Å². The van der Waals surface area contributed by atoms with Crippen LogP contribution in [0.3, 0.4) is 0 Å². The van der Waals surface area contributed by atoms with E-state index in [2.05, 4.69) is 52.0 Å². The highest BCUT2D eigenvalue weighted by atomic mass is 16.3. The van der Waals surface area contributed by atoms with E-state index in [9.17, 15) is 5.11 Å². The van der Waals surface area contributed by atoms with Crippen LogP contribution in [0.2, 0.25) is 0 Å². The summed E-state index contributed by atoms with van der Waals surface area (Å²) in [5.74, 6) is 0.890. The van der Waals surface area contributed by atoms with Gasteiger partial charge in [0, 0.05) is 5.41 Å². The quantitative estimate of drug-likeness (QED) is 0.805. The average Bonchev–Trinajstić information content (AvgIpc) is 2.31. The molecule has 0 heterocycles. The summed E-state index contributed by atoms with van der Waals surface area (Å²) in [6, 6.07) is 8.78. The molecule has 0 amide bonds. The Balaban J connectivity index is 2.30. The van der Waals surface area contributed by atoms with Crippen molar-refractivity contribution in [3.8, 4) is 0 Å². The molecule has 0 radical (unpaired) electrons. The summed E-state index contributed by atoms with van der Waals surface area (Å²) in [5, 5.41) is 10.1. The molecule has 1 aliphatic carbocycles. The Hall–Kier alpha value is -0.820. The molecule has 1 aromatic carbocycles. The van der Waals surface area contributed by atoms with E-state index in [0.717, 1.165) is 6.42 Å².